The van der Waals surface area contributed by atoms with E-state index in [1.807, 2.05) is 25.1 Å². The zero-order valence-electron chi connectivity index (χ0n) is 18.0. The summed E-state index contributed by atoms with van der Waals surface area (Å²) >= 11 is 0. The monoisotopic (exact) mass is 453 g/mol. The Labute approximate surface area is 188 Å². The van der Waals surface area contributed by atoms with E-state index in [1.54, 1.807) is 23.1 Å². The Kier molecular flexibility index (Phi) is 6.74. The minimum Gasteiger partial charge on any atom is -0.468 e. The fourth-order valence-electron chi connectivity index (χ4n) is 3.78. The second-order valence-electron chi connectivity index (χ2n) is 7.93. The molecular weight excluding hydrogens is 426 g/mol. The van der Waals surface area contributed by atoms with Gasteiger partial charge in [-0.2, -0.15) is 0 Å². The van der Waals surface area contributed by atoms with Crippen molar-refractivity contribution in [3.8, 4) is 0 Å². The summed E-state index contributed by atoms with van der Waals surface area (Å²) in [5, 5.41) is 0. The number of rotatable bonds is 7. The van der Waals surface area contributed by atoms with Crippen LogP contribution in [-0.4, -0.2) is 50.3 Å². The van der Waals surface area contributed by atoms with Gasteiger partial charge in [0.25, 0.3) is 5.91 Å². The standard InChI is InChI=1S/C24H27N3O4S/c1-19-9-10-22(32(29,30)25-17-21-8-5-15-31-21)16-23(19)24(28)27-13-11-26(12-14-27)18-20-6-3-2-4-7-20/h2-10,15-16,25H,11-14,17-18H2,1H3. The minimum absolute atomic E-state index is 0.0515. The van der Waals surface area contributed by atoms with E-state index in [2.05, 4.69) is 21.8 Å². The number of carbonyl (C=O) groups excluding carboxylic acids is 1. The van der Waals surface area contributed by atoms with E-state index in [0.29, 0.717) is 24.4 Å². The highest BCUT2D eigenvalue weighted by atomic mass is 32.2. The van der Waals surface area contributed by atoms with Gasteiger partial charge in [0, 0.05) is 38.3 Å². The molecule has 0 saturated carbocycles. The fraction of sp³-hybridized carbons (Fsp3) is 0.292. The Morgan fingerprint density at radius 2 is 1.75 bits per heavy atom. The average Bonchev–Trinajstić information content (AvgIpc) is 3.33. The van der Waals surface area contributed by atoms with Gasteiger partial charge in [-0.05, 0) is 42.3 Å². The molecule has 0 atom stereocenters. The van der Waals surface area contributed by atoms with Gasteiger partial charge in [-0.15, -0.1) is 0 Å². The molecule has 1 aliphatic rings. The Bertz CT molecular complexity index is 1150. The molecule has 0 radical (unpaired) electrons. The SMILES string of the molecule is Cc1ccc(S(=O)(=O)NCc2ccco2)cc1C(=O)N1CCN(Cc2ccccc2)CC1. The number of hydrogen-bond acceptors (Lipinski definition) is 5. The van der Waals surface area contributed by atoms with Crippen LogP contribution in [0.5, 0.6) is 0 Å². The molecule has 2 heterocycles. The maximum Gasteiger partial charge on any atom is 0.254 e. The van der Waals surface area contributed by atoms with Crippen LogP contribution in [0, 0.1) is 6.92 Å². The predicted octanol–water partition coefficient (Wildman–Crippen LogP) is 3.02. The first-order valence-electron chi connectivity index (χ1n) is 10.6. The van der Waals surface area contributed by atoms with E-state index in [1.165, 1.54) is 24.0 Å². The van der Waals surface area contributed by atoms with Crippen molar-refractivity contribution < 1.29 is 17.6 Å². The quantitative estimate of drug-likeness (QED) is 0.595. The van der Waals surface area contributed by atoms with E-state index in [9.17, 15) is 13.2 Å². The molecule has 8 heteroatoms. The third kappa shape index (κ3) is 5.27. The molecule has 7 nitrogen and oxygen atoms in total. The molecule has 168 valence electrons. The number of furan rings is 1. The van der Waals surface area contributed by atoms with Gasteiger partial charge in [0.2, 0.25) is 10.0 Å². The number of piperazine rings is 1. The van der Waals surface area contributed by atoms with E-state index < -0.39 is 10.0 Å². The first-order valence-corrected chi connectivity index (χ1v) is 12.1. The van der Waals surface area contributed by atoms with E-state index in [0.717, 1.165) is 25.2 Å². The van der Waals surface area contributed by atoms with Crippen LogP contribution in [0.2, 0.25) is 0 Å². The van der Waals surface area contributed by atoms with Gasteiger partial charge < -0.3 is 9.32 Å². The molecule has 1 saturated heterocycles. The zero-order chi connectivity index (χ0) is 22.6. The highest BCUT2D eigenvalue weighted by molar-refractivity contribution is 7.89. The Morgan fingerprint density at radius 1 is 1.00 bits per heavy atom. The fourth-order valence-corrected chi connectivity index (χ4v) is 4.80. The lowest BCUT2D eigenvalue weighted by Gasteiger charge is -2.35. The number of amides is 1. The first-order chi connectivity index (χ1) is 15.4. The van der Waals surface area contributed by atoms with Crippen LogP contribution in [0.25, 0.3) is 0 Å². The van der Waals surface area contributed by atoms with Gasteiger partial charge in [-0.25, -0.2) is 13.1 Å². The molecule has 1 amide bonds. The number of nitrogens with one attached hydrogen (secondary N) is 1. The lowest BCUT2D eigenvalue weighted by atomic mass is 10.1. The lowest BCUT2D eigenvalue weighted by molar-refractivity contribution is 0.0627. The zero-order valence-corrected chi connectivity index (χ0v) is 18.8. The summed E-state index contributed by atoms with van der Waals surface area (Å²) in [6.07, 6.45) is 1.49. The number of benzene rings is 2. The van der Waals surface area contributed by atoms with E-state index in [-0.39, 0.29) is 17.3 Å². The third-order valence-corrected chi connectivity index (χ3v) is 7.07. The summed E-state index contributed by atoms with van der Waals surface area (Å²) in [6, 6.07) is 18.3. The van der Waals surface area contributed by atoms with Crippen LogP contribution in [0.1, 0.15) is 27.2 Å². The number of sulfonamides is 1. The van der Waals surface area contributed by atoms with Crippen molar-refractivity contribution in [1.29, 1.82) is 0 Å². The lowest BCUT2D eigenvalue weighted by Crippen LogP contribution is -2.48. The summed E-state index contributed by atoms with van der Waals surface area (Å²) < 4.78 is 33.1. The normalized spacial score (nSPS) is 15.1. The summed E-state index contributed by atoms with van der Waals surface area (Å²) in [5.74, 6) is 0.385. The molecule has 1 N–H and O–H groups in total. The maximum absolute atomic E-state index is 13.2. The van der Waals surface area contributed by atoms with Crippen LogP contribution in [-0.2, 0) is 23.1 Å². The number of carbonyl (C=O) groups is 1. The topological polar surface area (TPSA) is 82.9 Å². The van der Waals surface area contributed by atoms with Gasteiger partial charge in [0.15, 0.2) is 0 Å². The molecule has 0 unspecified atom stereocenters. The van der Waals surface area contributed by atoms with Crippen LogP contribution in [0.3, 0.4) is 0 Å². The van der Waals surface area contributed by atoms with Crippen molar-refractivity contribution in [3.63, 3.8) is 0 Å². The molecule has 0 spiro atoms. The molecule has 1 aromatic heterocycles. The highest BCUT2D eigenvalue weighted by Gasteiger charge is 2.25. The molecule has 32 heavy (non-hydrogen) atoms. The number of aryl methyl sites for hydroxylation is 1. The van der Waals surface area contributed by atoms with Crippen LogP contribution >= 0.6 is 0 Å². The summed E-state index contributed by atoms with van der Waals surface area (Å²) in [6.45, 7) is 5.51. The Hall–Kier alpha value is -2.94. The average molecular weight is 454 g/mol. The summed E-state index contributed by atoms with van der Waals surface area (Å²) in [7, 11) is -3.77. The molecule has 4 rings (SSSR count). The molecule has 3 aromatic rings. The molecule has 0 bridgehead atoms. The van der Waals surface area contributed by atoms with Crippen molar-refractivity contribution in [1.82, 2.24) is 14.5 Å². The van der Waals surface area contributed by atoms with Crippen LogP contribution < -0.4 is 4.72 Å². The number of hydrogen-bond donors (Lipinski definition) is 1. The second kappa shape index (κ2) is 9.68. The molecular formula is C24H27N3O4S. The third-order valence-electron chi connectivity index (χ3n) is 5.67. The molecule has 2 aromatic carbocycles. The first kappa shape index (κ1) is 22.3. The molecule has 1 aliphatic heterocycles. The van der Waals surface area contributed by atoms with Crippen molar-refractivity contribution >= 4 is 15.9 Å². The van der Waals surface area contributed by atoms with Gasteiger partial charge >= 0.3 is 0 Å². The van der Waals surface area contributed by atoms with E-state index in [4.69, 9.17) is 4.42 Å². The van der Waals surface area contributed by atoms with E-state index >= 15 is 0 Å². The van der Waals surface area contributed by atoms with Crippen LogP contribution in [0.15, 0.2) is 76.2 Å². The second-order valence-corrected chi connectivity index (χ2v) is 9.70. The Morgan fingerprint density at radius 3 is 2.44 bits per heavy atom. The molecule has 1 fully saturated rings. The summed E-state index contributed by atoms with van der Waals surface area (Å²) in [4.78, 5) is 17.4. The number of nitrogens with zero attached hydrogens (tertiary/aromatic N) is 2. The van der Waals surface area contributed by atoms with Gasteiger partial charge in [-0.3, -0.25) is 9.69 Å². The van der Waals surface area contributed by atoms with Crippen molar-refractivity contribution in [3.05, 3.63) is 89.4 Å². The minimum atomic E-state index is -3.77. The van der Waals surface area contributed by atoms with Crippen LogP contribution in [0.4, 0.5) is 0 Å². The van der Waals surface area contributed by atoms with Gasteiger partial charge in [0.05, 0.1) is 17.7 Å². The highest BCUT2D eigenvalue weighted by Crippen LogP contribution is 2.19. The van der Waals surface area contributed by atoms with Crippen molar-refractivity contribution in [2.75, 3.05) is 26.2 Å². The Balaban J connectivity index is 1.41. The van der Waals surface area contributed by atoms with Crippen molar-refractivity contribution in [2.45, 2.75) is 24.9 Å². The van der Waals surface area contributed by atoms with Gasteiger partial charge in [0.1, 0.15) is 5.76 Å². The largest absolute Gasteiger partial charge is 0.468 e. The predicted molar refractivity (Wildman–Crippen MR) is 122 cm³/mol. The summed E-state index contributed by atoms with van der Waals surface area (Å²) in [5.41, 5.74) is 2.43. The maximum atomic E-state index is 13.2. The van der Waals surface area contributed by atoms with Gasteiger partial charge in [-0.1, -0.05) is 36.4 Å². The molecule has 0 aliphatic carbocycles. The smallest absolute Gasteiger partial charge is 0.254 e. The van der Waals surface area contributed by atoms with Crippen molar-refractivity contribution in [2.24, 2.45) is 0 Å².